The number of nitrogens with zero attached hydrogens (tertiary/aromatic N) is 1. The minimum Gasteiger partial charge on any atom is -0.355 e. The van der Waals surface area contributed by atoms with Gasteiger partial charge in [0.1, 0.15) is 0 Å². The van der Waals surface area contributed by atoms with Crippen molar-refractivity contribution in [2.45, 2.75) is 39.5 Å². The Morgan fingerprint density at radius 3 is 1.96 bits per heavy atom. The van der Waals surface area contributed by atoms with Crippen LogP contribution in [0.4, 0.5) is 5.69 Å². The molecule has 0 aliphatic carbocycles. The van der Waals surface area contributed by atoms with E-state index in [0.717, 1.165) is 11.1 Å². The fourth-order valence-corrected chi connectivity index (χ4v) is 3.50. The van der Waals surface area contributed by atoms with Crippen LogP contribution in [-0.2, 0) is 0 Å². The number of fused-ring (bicyclic) bond motifs is 1. The molecule has 0 saturated heterocycles. The average molecular weight is 364 g/mol. The summed E-state index contributed by atoms with van der Waals surface area (Å²) in [6.07, 6.45) is 0. The zero-order chi connectivity index (χ0) is 19.9. The number of carbonyl (C=O) groups excluding carboxylic acids is 3. The highest BCUT2D eigenvalue weighted by Crippen LogP contribution is 2.39. The summed E-state index contributed by atoms with van der Waals surface area (Å²) < 4.78 is 0. The Hall–Kier alpha value is -2.95. The quantitative estimate of drug-likeness (QED) is 0.831. The molecule has 0 fully saturated rings. The maximum Gasteiger partial charge on any atom is 0.266 e. The molecule has 0 saturated carbocycles. The van der Waals surface area contributed by atoms with E-state index in [9.17, 15) is 14.4 Å². The second kappa shape index (κ2) is 6.99. The number of para-hydroxylation sites is 1. The maximum absolute atomic E-state index is 13.2. The Morgan fingerprint density at radius 1 is 0.889 bits per heavy atom. The van der Waals surface area contributed by atoms with Gasteiger partial charge in [0, 0.05) is 12.6 Å². The molecule has 1 heterocycles. The number of hydrogen-bond donors (Lipinski definition) is 1. The molecule has 0 spiro atoms. The molecule has 3 amide bonds. The predicted molar refractivity (Wildman–Crippen MR) is 106 cm³/mol. The Kier molecular flexibility index (Phi) is 4.87. The molecule has 3 rings (SSSR count). The summed E-state index contributed by atoms with van der Waals surface area (Å²) in [5, 5.41) is 2.54. The normalized spacial score (nSPS) is 13.5. The van der Waals surface area contributed by atoms with Crippen LogP contribution in [0.2, 0.25) is 0 Å². The smallest absolute Gasteiger partial charge is 0.266 e. The van der Waals surface area contributed by atoms with Crippen LogP contribution in [0.5, 0.6) is 0 Å². The molecule has 0 aromatic heterocycles. The van der Waals surface area contributed by atoms with Gasteiger partial charge in [0.15, 0.2) is 0 Å². The van der Waals surface area contributed by atoms with Crippen molar-refractivity contribution in [1.82, 2.24) is 5.32 Å². The summed E-state index contributed by atoms with van der Waals surface area (Å²) in [7, 11) is 1.53. The van der Waals surface area contributed by atoms with Crippen molar-refractivity contribution in [3.63, 3.8) is 0 Å². The molecule has 27 heavy (non-hydrogen) atoms. The summed E-state index contributed by atoms with van der Waals surface area (Å²) in [5.41, 5.74) is 3.57. The monoisotopic (exact) mass is 364 g/mol. The van der Waals surface area contributed by atoms with Gasteiger partial charge in [-0.05, 0) is 41.2 Å². The van der Waals surface area contributed by atoms with Gasteiger partial charge in [-0.1, -0.05) is 45.9 Å². The van der Waals surface area contributed by atoms with Crippen LogP contribution in [0.15, 0.2) is 36.4 Å². The lowest BCUT2D eigenvalue weighted by atomic mass is 9.92. The zero-order valence-corrected chi connectivity index (χ0v) is 16.3. The number of hydrogen-bond acceptors (Lipinski definition) is 3. The zero-order valence-electron chi connectivity index (χ0n) is 16.3. The molecule has 1 aliphatic rings. The molecule has 1 N–H and O–H groups in total. The van der Waals surface area contributed by atoms with Gasteiger partial charge in [-0.2, -0.15) is 0 Å². The van der Waals surface area contributed by atoms with Crippen LogP contribution in [0.3, 0.4) is 0 Å². The van der Waals surface area contributed by atoms with Crippen molar-refractivity contribution in [3.05, 3.63) is 64.2 Å². The maximum atomic E-state index is 13.2. The van der Waals surface area contributed by atoms with Crippen molar-refractivity contribution in [3.8, 4) is 0 Å². The summed E-state index contributed by atoms with van der Waals surface area (Å²) in [4.78, 5) is 39.5. The lowest BCUT2D eigenvalue weighted by molar-refractivity contribution is 0.0923. The van der Waals surface area contributed by atoms with Crippen molar-refractivity contribution < 1.29 is 14.4 Å². The van der Waals surface area contributed by atoms with Crippen LogP contribution in [0.25, 0.3) is 0 Å². The van der Waals surface area contributed by atoms with E-state index in [2.05, 4.69) is 5.32 Å². The summed E-state index contributed by atoms with van der Waals surface area (Å²) >= 11 is 0. The number of amides is 3. The van der Waals surface area contributed by atoms with E-state index in [0.29, 0.717) is 16.8 Å². The molecule has 0 unspecified atom stereocenters. The van der Waals surface area contributed by atoms with E-state index >= 15 is 0 Å². The Morgan fingerprint density at radius 2 is 1.44 bits per heavy atom. The molecule has 0 bridgehead atoms. The average Bonchev–Trinajstić information content (AvgIpc) is 2.90. The van der Waals surface area contributed by atoms with Gasteiger partial charge in [-0.25, -0.2) is 4.90 Å². The molecular weight excluding hydrogens is 340 g/mol. The first-order valence-corrected chi connectivity index (χ1v) is 9.15. The first-order valence-electron chi connectivity index (χ1n) is 9.15. The van der Waals surface area contributed by atoms with E-state index < -0.39 is 0 Å². The molecular formula is C22H24N2O3. The molecule has 0 radical (unpaired) electrons. The highest BCUT2D eigenvalue weighted by molar-refractivity contribution is 6.35. The number of imide groups is 1. The third-order valence-electron chi connectivity index (χ3n) is 4.94. The van der Waals surface area contributed by atoms with Gasteiger partial charge in [0.25, 0.3) is 17.7 Å². The number of carbonyl (C=O) groups is 3. The number of benzene rings is 2. The van der Waals surface area contributed by atoms with Crippen LogP contribution >= 0.6 is 0 Å². The number of nitrogens with one attached hydrogen (secondary N) is 1. The van der Waals surface area contributed by atoms with Gasteiger partial charge >= 0.3 is 0 Å². The Balaban J connectivity index is 2.19. The minimum atomic E-state index is -0.379. The van der Waals surface area contributed by atoms with E-state index in [1.165, 1.54) is 18.0 Å². The van der Waals surface area contributed by atoms with E-state index in [1.54, 1.807) is 12.1 Å². The van der Waals surface area contributed by atoms with Gasteiger partial charge in [-0.15, -0.1) is 0 Å². The minimum absolute atomic E-state index is 0.157. The second-order valence-electron chi connectivity index (χ2n) is 7.38. The van der Waals surface area contributed by atoms with Crippen LogP contribution < -0.4 is 10.2 Å². The van der Waals surface area contributed by atoms with Gasteiger partial charge in [-0.3, -0.25) is 14.4 Å². The standard InChI is InChI=1S/C22H24N2O3/c1-12(2)15-7-6-8-16(13(3)4)19(15)24-21(26)17-10-9-14(20(25)23-5)11-18(17)22(24)27/h6-13H,1-5H3,(H,23,25). The Labute approximate surface area is 159 Å². The van der Waals surface area contributed by atoms with E-state index in [4.69, 9.17) is 0 Å². The molecule has 0 atom stereocenters. The largest absolute Gasteiger partial charge is 0.355 e. The third kappa shape index (κ3) is 3.03. The van der Waals surface area contributed by atoms with Crippen molar-refractivity contribution in [2.24, 2.45) is 0 Å². The predicted octanol–water partition coefficient (Wildman–Crippen LogP) is 4.09. The van der Waals surface area contributed by atoms with Crippen LogP contribution in [-0.4, -0.2) is 24.8 Å². The lowest BCUT2D eigenvalue weighted by Crippen LogP contribution is -2.31. The molecule has 140 valence electrons. The molecule has 2 aromatic rings. The van der Waals surface area contributed by atoms with Gasteiger partial charge in [0.05, 0.1) is 16.8 Å². The van der Waals surface area contributed by atoms with Gasteiger partial charge in [0.2, 0.25) is 0 Å². The fourth-order valence-electron chi connectivity index (χ4n) is 3.50. The lowest BCUT2D eigenvalue weighted by Gasteiger charge is -2.25. The molecule has 5 nitrogen and oxygen atoms in total. The summed E-state index contributed by atoms with van der Waals surface area (Å²) in [6, 6.07) is 10.5. The number of anilines is 1. The SMILES string of the molecule is CNC(=O)c1ccc2c(c1)C(=O)N(c1c(C(C)C)cccc1C(C)C)C2=O. The first kappa shape index (κ1) is 18.8. The Bertz CT molecular complexity index is 918. The fraction of sp³-hybridized carbons (Fsp3) is 0.318. The van der Waals surface area contributed by atoms with E-state index in [-0.39, 0.29) is 35.1 Å². The van der Waals surface area contributed by atoms with Crippen molar-refractivity contribution >= 4 is 23.4 Å². The summed E-state index contributed by atoms with van der Waals surface area (Å²) in [6.45, 7) is 8.19. The highest BCUT2D eigenvalue weighted by Gasteiger charge is 2.39. The highest BCUT2D eigenvalue weighted by atomic mass is 16.2. The summed E-state index contributed by atoms with van der Waals surface area (Å²) in [5.74, 6) is -0.694. The van der Waals surface area contributed by atoms with Crippen molar-refractivity contribution in [2.75, 3.05) is 11.9 Å². The van der Waals surface area contributed by atoms with Crippen LogP contribution in [0, 0.1) is 0 Å². The first-order chi connectivity index (χ1) is 12.8. The molecule has 2 aromatic carbocycles. The number of rotatable bonds is 4. The van der Waals surface area contributed by atoms with Crippen molar-refractivity contribution in [1.29, 1.82) is 0 Å². The topological polar surface area (TPSA) is 66.5 Å². The third-order valence-corrected chi connectivity index (χ3v) is 4.94. The van der Waals surface area contributed by atoms with E-state index in [1.807, 2.05) is 45.9 Å². The second-order valence-corrected chi connectivity index (χ2v) is 7.38. The van der Waals surface area contributed by atoms with Crippen LogP contribution in [0.1, 0.15) is 81.7 Å². The molecule has 1 aliphatic heterocycles. The molecule has 5 heteroatoms. The van der Waals surface area contributed by atoms with Gasteiger partial charge < -0.3 is 5.32 Å².